The Morgan fingerprint density at radius 2 is 0.787 bits per heavy atom. The maximum absolute atomic E-state index is 14.1. The fourth-order valence-electron chi connectivity index (χ4n) is 18.2. The summed E-state index contributed by atoms with van der Waals surface area (Å²) in [4.78, 5) is 39.8. The summed E-state index contributed by atoms with van der Waals surface area (Å²) in [6.07, 6.45) is -66.4. The number of hydrogen-bond donors (Lipinski definition) is 23. The third-order valence-corrected chi connectivity index (χ3v) is 24.2. The summed E-state index contributed by atoms with van der Waals surface area (Å²) in [5, 5.41) is 253. The van der Waals surface area contributed by atoms with Crippen LogP contribution in [0, 0.1) is 28.6 Å². The Bertz CT molecular complexity index is 3090. The molecule has 24 fully saturated rings. The van der Waals surface area contributed by atoms with Crippen molar-refractivity contribution >= 4 is 17.5 Å². The first-order chi connectivity index (χ1) is 51.3. The molecule has 4 aliphatic carbocycles. The van der Waals surface area contributed by atoms with Crippen LogP contribution in [0.15, 0.2) is 23.8 Å². The molecule has 25 rings (SSSR count). The Labute approximate surface area is 616 Å². The molecule has 23 N–H and O–H groups in total. The topological polar surface area (TPSA) is 647 Å². The minimum atomic E-state index is -2.28. The Hall–Kier alpha value is -3.19. The third kappa shape index (κ3) is 15.7. The number of Topliss-reactive ketones (excluding diaryl/α,β-unsaturated/α-hetero) is 1. The van der Waals surface area contributed by atoms with Crippen LogP contribution in [-0.4, -0.2) is 416 Å². The standard InChI is InChI=1S/C67H103NO40/c1-65-9-7-23(75)12-22(65)5-6-24-25-8-10-67(93,66(25,2)13-26(76)36(24)65)34(77)21-94-35(78)4-3-11-68-14-27-51-37(79)44(86)58(95-27)103-52-28(15-69)97-60(46(88)39(52)81)105-54-30(17-71)99-62(48(90)41(54)83)107-56-32(19-73)101-64(50(92)43(56)85)108-57-33(20-74)100-63(49(91)42(57)84)106-55-31(18-72)98-61(47(89)40(55)82)104-53-29(16-70)96-59(102-51)45(87)38(53)80/h7,9,12,24-33,36-64,68-74,76,79-93H,3-6,8,10-11,13-21H2,1-2H3/t24-,25-,26-,27+,28+,29+,30+,31+,32+,33+,36+,37+,38+,39+,40+,41+,42+,43+,44+,45+,46+,47+,48+,49+,50+,51+,52+,53+,54+,55+,56+,57+,58+,59+,60+,61+,62+,63+,64+,65-,66-,67-/m0/s1. The number of aliphatic hydroxyl groups excluding tert-OH is 21. The Balaban J connectivity index is 0.757. The SMILES string of the molecule is C[C@]12C=CC(=O)C=C1CC[C@@H]1[C@@H]2[C@@H](O)C[C@@]2(C)[C@H]1CC[C@]2(O)C(=O)COC(=O)CCCNC[C@H]1O[C@@H]2O[C@H]3[C@H](O)[C@@H](O)[C@@H](O[C@H]4[C@H](O)[C@@H](O)[C@@H](O[C@H]5[C@H](O)[C@@H](O)[C@@H](O[C@H]6[C@H](O)[C@@H](O)[C@@H](O[C@H]7[C@H](O)[C@@H](O)[C@@H](O[C@H]8[C@H](O)[C@@H](O)[C@@H](O[C@H]1[C@H](O)[C@H]2O)O[C@@H]8CO)O[C@@H]7CO)O[C@@H]6CO)O[C@@H]5CO)O[C@@H]4CO)O[C@@H]3CO. The summed E-state index contributed by atoms with van der Waals surface area (Å²) in [5.41, 5.74) is -2.72. The van der Waals surface area contributed by atoms with Gasteiger partial charge in [-0.05, 0) is 69.1 Å². The van der Waals surface area contributed by atoms with Gasteiger partial charge in [0, 0.05) is 29.7 Å². The van der Waals surface area contributed by atoms with E-state index in [-0.39, 0.29) is 55.8 Å². The van der Waals surface area contributed by atoms with Gasteiger partial charge in [-0.1, -0.05) is 25.5 Å². The normalized spacial score (nSPS) is 52.1. The average molecular weight is 1560 g/mol. The third-order valence-electron chi connectivity index (χ3n) is 24.2. The number of carbonyl (C=O) groups is 3. The van der Waals surface area contributed by atoms with Gasteiger partial charge in [-0.25, -0.2) is 0 Å². The van der Waals surface area contributed by atoms with E-state index < -0.39 is 302 Å². The molecule has 42 atom stereocenters. The van der Waals surface area contributed by atoms with Crippen molar-refractivity contribution in [2.24, 2.45) is 28.6 Å². The van der Waals surface area contributed by atoms with E-state index in [1.807, 2.05) is 13.0 Å². The number of ether oxygens (including phenoxy) is 15. The lowest BCUT2D eigenvalue weighted by molar-refractivity contribution is -0.396. The van der Waals surface area contributed by atoms with Crippen molar-refractivity contribution in [1.29, 1.82) is 0 Å². The highest BCUT2D eigenvalue weighted by Gasteiger charge is 2.69. The summed E-state index contributed by atoms with van der Waals surface area (Å²) >= 11 is 0. The molecule has 0 unspecified atom stereocenters. The van der Waals surface area contributed by atoms with Gasteiger partial charge >= 0.3 is 5.97 Å². The molecular weight excluding hydrogens is 1460 g/mol. The van der Waals surface area contributed by atoms with E-state index in [9.17, 15) is 127 Å². The molecule has 0 aromatic carbocycles. The van der Waals surface area contributed by atoms with Crippen molar-refractivity contribution < 1.29 is 198 Å². The first-order valence-electron chi connectivity index (χ1n) is 36.4. The molecule has 3 saturated carbocycles. The predicted molar refractivity (Wildman–Crippen MR) is 342 cm³/mol. The maximum Gasteiger partial charge on any atom is 0.306 e. The highest BCUT2D eigenvalue weighted by Crippen LogP contribution is 2.67. The molecule has 108 heavy (non-hydrogen) atoms. The second-order valence-corrected chi connectivity index (χ2v) is 30.5. The summed E-state index contributed by atoms with van der Waals surface area (Å²) < 4.78 is 87.2. The number of rotatable bonds is 15. The smallest absolute Gasteiger partial charge is 0.306 e. The van der Waals surface area contributed by atoms with Crippen LogP contribution in [0.4, 0.5) is 0 Å². The number of esters is 1. The summed E-state index contributed by atoms with van der Waals surface area (Å²) in [6, 6.07) is 0. The van der Waals surface area contributed by atoms with Crippen molar-refractivity contribution in [2.75, 3.05) is 59.3 Å². The fraction of sp³-hybridized carbons (Fsp3) is 0.896. The molecule has 616 valence electrons. The van der Waals surface area contributed by atoms with Crippen LogP contribution in [0.25, 0.3) is 0 Å². The number of ketones is 2. The van der Waals surface area contributed by atoms with E-state index in [0.29, 0.717) is 19.3 Å². The van der Waals surface area contributed by atoms with Crippen molar-refractivity contribution in [3.63, 3.8) is 0 Å². The van der Waals surface area contributed by atoms with Gasteiger partial charge in [0.15, 0.2) is 56.4 Å². The molecular formula is C67H103NO40. The Kier molecular flexibility index (Phi) is 26.8. The molecule has 21 aliphatic heterocycles. The summed E-state index contributed by atoms with van der Waals surface area (Å²) in [6.45, 7) is -4.11. The van der Waals surface area contributed by atoms with E-state index in [2.05, 4.69) is 5.32 Å². The zero-order valence-corrected chi connectivity index (χ0v) is 58.7. The number of carbonyl (C=O) groups excluding carboxylic acids is 3. The summed E-state index contributed by atoms with van der Waals surface area (Å²) in [5.74, 6) is -2.29. The van der Waals surface area contributed by atoms with Gasteiger partial charge in [-0.2, -0.15) is 0 Å². The van der Waals surface area contributed by atoms with Gasteiger partial charge in [0.05, 0.1) is 45.7 Å². The number of hydrogen-bond acceptors (Lipinski definition) is 41. The molecule has 21 heterocycles. The minimum Gasteiger partial charge on any atom is -0.458 e. The van der Waals surface area contributed by atoms with Gasteiger partial charge in [-0.3, -0.25) is 14.4 Å². The monoisotopic (exact) mass is 1560 g/mol. The number of aliphatic hydroxyl groups is 22. The van der Waals surface area contributed by atoms with Crippen LogP contribution >= 0.6 is 0 Å². The van der Waals surface area contributed by atoms with Crippen LogP contribution in [0.1, 0.15) is 58.8 Å². The van der Waals surface area contributed by atoms with E-state index in [0.717, 1.165) is 5.57 Å². The van der Waals surface area contributed by atoms with E-state index in [1.54, 1.807) is 13.0 Å². The van der Waals surface area contributed by atoms with Crippen molar-refractivity contribution in [3.8, 4) is 0 Å². The lowest BCUT2D eigenvalue weighted by atomic mass is 9.46. The zero-order valence-electron chi connectivity index (χ0n) is 58.7. The Morgan fingerprint density at radius 1 is 0.463 bits per heavy atom. The number of fused-ring (bicyclic) bond motifs is 5. The first-order valence-corrected chi connectivity index (χ1v) is 36.4. The van der Waals surface area contributed by atoms with Gasteiger partial charge in [0.25, 0.3) is 0 Å². The van der Waals surface area contributed by atoms with Crippen LogP contribution in [-0.2, 0) is 85.4 Å². The average Bonchev–Trinajstić information content (AvgIpc) is 1.45. The van der Waals surface area contributed by atoms with Crippen LogP contribution in [0.2, 0.25) is 0 Å². The first kappa shape index (κ1) is 84.2. The lowest BCUT2D eigenvalue weighted by Gasteiger charge is -2.59. The molecule has 0 aromatic rings. The van der Waals surface area contributed by atoms with E-state index in [4.69, 9.17) is 71.1 Å². The van der Waals surface area contributed by atoms with Gasteiger partial charge < -0.3 is 189 Å². The number of nitrogens with one attached hydrogen (secondary N) is 1. The minimum absolute atomic E-state index is 0.0362. The summed E-state index contributed by atoms with van der Waals surface area (Å²) in [7, 11) is 0. The van der Waals surface area contributed by atoms with Crippen molar-refractivity contribution in [1.82, 2.24) is 5.32 Å². The molecule has 0 spiro atoms. The maximum atomic E-state index is 14.1. The van der Waals surface area contributed by atoms with Gasteiger partial charge in [0.1, 0.15) is 177 Å². The van der Waals surface area contributed by atoms with Crippen molar-refractivity contribution in [3.05, 3.63) is 23.8 Å². The lowest BCUT2D eigenvalue weighted by Crippen LogP contribution is -2.68. The number of allylic oxidation sites excluding steroid dienone is 4. The highest BCUT2D eigenvalue weighted by atomic mass is 16.8. The Morgan fingerprint density at radius 3 is 1.12 bits per heavy atom. The molecule has 0 amide bonds. The van der Waals surface area contributed by atoms with Gasteiger partial charge in [-0.15, -0.1) is 0 Å². The fourth-order valence-corrected chi connectivity index (χ4v) is 18.2. The van der Waals surface area contributed by atoms with Crippen LogP contribution in [0.5, 0.6) is 0 Å². The van der Waals surface area contributed by atoms with Crippen molar-refractivity contribution in [2.45, 2.75) is 285 Å². The molecule has 21 saturated heterocycles. The highest BCUT2D eigenvalue weighted by molar-refractivity contribution is 6.01. The molecule has 14 bridgehead atoms. The molecule has 41 nitrogen and oxygen atoms in total. The second-order valence-electron chi connectivity index (χ2n) is 30.5. The van der Waals surface area contributed by atoms with E-state index in [1.165, 1.54) is 6.08 Å². The van der Waals surface area contributed by atoms with E-state index >= 15 is 0 Å². The molecule has 0 radical (unpaired) electrons. The predicted octanol–water partition coefficient (Wildman–Crippen LogP) is -12.7. The van der Waals surface area contributed by atoms with Gasteiger partial charge in [0.2, 0.25) is 5.78 Å². The van der Waals surface area contributed by atoms with Crippen LogP contribution < -0.4 is 5.32 Å². The largest absolute Gasteiger partial charge is 0.458 e. The molecule has 0 aromatic heterocycles. The quantitative estimate of drug-likeness (QED) is 0.0535. The zero-order chi connectivity index (χ0) is 78.1. The van der Waals surface area contributed by atoms with Crippen LogP contribution in [0.3, 0.4) is 0 Å². The molecule has 41 heteroatoms. The second kappa shape index (κ2) is 34.3. The molecule has 25 aliphatic rings.